The Hall–Kier alpha value is -3.10. The summed E-state index contributed by atoms with van der Waals surface area (Å²) >= 11 is 0. The fourth-order valence-electron chi connectivity index (χ4n) is 4.63. The van der Waals surface area contributed by atoms with Crippen LogP contribution in [0.25, 0.3) is 0 Å². The Bertz CT molecular complexity index is 1020. The average Bonchev–Trinajstić information content (AvgIpc) is 2.96. The SMILES string of the molecule is CC1(Cc2ccncc2C2CCCCC2)NC(=O)N(c2ccccc2OC(F)(F)F)C1=O. The van der Waals surface area contributed by atoms with Gasteiger partial charge in [0.15, 0.2) is 5.75 Å². The summed E-state index contributed by atoms with van der Waals surface area (Å²) in [5, 5.41) is 2.68. The van der Waals surface area contributed by atoms with E-state index in [1.165, 1.54) is 24.6 Å². The second-order valence-electron chi connectivity index (χ2n) is 8.50. The number of anilines is 1. The highest BCUT2D eigenvalue weighted by molar-refractivity contribution is 6.23. The van der Waals surface area contributed by atoms with Gasteiger partial charge >= 0.3 is 12.4 Å². The minimum Gasteiger partial charge on any atom is -0.404 e. The maximum absolute atomic E-state index is 13.3. The van der Waals surface area contributed by atoms with Crippen LogP contribution in [0.3, 0.4) is 0 Å². The molecule has 3 amide bonds. The second-order valence-corrected chi connectivity index (χ2v) is 8.50. The number of carbonyl (C=O) groups excluding carboxylic acids is 2. The molecule has 9 heteroatoms. The summed E-state index contributed by atoms with van der Waals surface area (Å²) in [6.45, 7) is 1.59. The van der Waals surface area contributed by atoms with Crippen LogP contribution in [-0.2, 0) is 11.2 Å². The monoisotopic (exact) mass is 447 g/mol. The zero-order valence-corrected chi connectivity index (χ0v) is 17.6. The van der Waals surface area contributed by atoms with E-state index in [1.807, 2.05) is 12.3 Å². The summed E-state index contributed by atoms with van der Waals surface area (Å²) in [6.07, 6.45) is 4.29. The molecule has 1 atom stereocenters. The van der Waals surface area contributed by atoms with Crippen molar-refractivity contribution in [2.45, 2.75) is 63.3 Å². The molecule has 2 fully saturated rings. The first-order valence-corrected chi connectivity index (χ1v) is 10.6. The Balaban J connectivity index is 1.63. The molecule has 4 rings (SSSR count). The lowest BCUT2D eigenvalue weighted by Crippen LogP contribution is -2.46. The first-order chi connectivity index (χ1) is 15.2. The van der Waals surface area contributed by atoms with Crippen LogP contribution in [-0.4, -0.2) is 28.8 Å². The van der Waals surface area contributed by atoms with Crippen molar-refractivity contribution in [3.63, 3.8) is 0 Å². The van der Waals surface area contributed by atoms with Gasteiger partial charge in [0.2, 0.25) is 0 Å². The molecule has 1 aliphatic heterocycles. The first-order valence-electron chi connectivity index (χ1n) is 10.6. The number of rotatable bonds is 5. The smallest absolute Gasteiger partial charge is 0.404 e. The summed E-state index contributed by atoms with van der Waals surface area (Å²) in [5.41, 5.74) is 0.408. The summed E-state index contributed by atoms with van der Waals surface area (Å²) in [7, 11) is 0. The van der Waals surface area contributed by atoms with Crippen molar-refractivity contribution in [2.75, 3.05) is 4.90 Å². The number of pyridine rings is 1. The predicted molar refractivity (Wildman–Crippen MR) is 111 cm³/mol. The van der Waals surface area contributed by atoms with Crippen molar-refractivity contribution < 1.29 is 27.5 Å². The van der Waals surface area contributed by atoms with Crippen LogP contribution in [0.4, 0.5) is 23.7 Å². The lowest BCUT2D eigenvalue weighted by Gasteiger charge is -2.27. The van der Waals surface area contributed by atoms with Crippen molar-refractivity contribution in [3.8, 4) is 5.75 Å². The molecule has 32 heavy (non-hydrogen) atoms. The van der Waals surface area contributed by atoms with Gasteiger partial charge in [0.1, 0.15) is 5.54 Å². The zero-order valence-electron chi connectivity index (χ0n) is 17.6. The fraction of sp³-hybridized carbons (Fsp3) is 0.435. The average molecular weight is 447 g/mol. The minimum absolute atomic E-state index is 0.213. The van der Waals surface area contributed by atoms with Gasteiger partial charge in [-0.25, -0.2) is 9.69 Å². The summed E-state index contributed by atoms with van der Waals surface area (Å²) < 4.78 is 42.5. The Morgan fingerprint density at radius 3 is 2.59 bits per heavy atom. The number of nitrogens with one attached hydrogen (secondary N) is 1. The van der Waals surface area contributed by atoms with Gasteiger partial charge in [-0.1, -0.05) is 31.4 Å². The number of hydrogen-bond acceptors (Lipinski definition) is 4. The van der Waals surface area contributed by atoms with E-state index in [-0.39, 0.29) is 12.1 Å². The normalized spacial score (nSPS) is 22.2. The first kappa shape index (κ1) is 22.1. The van der Waals surface area contributed by atoms with Crippen molar-refractivity contribution in [3.05, 3.63) is 53.9 Å². The topological polar surface area (TPSA) is 71.5 Å². The van der Waals surface area contributed by atoms with E-state index in [4.69, 9.17) is 0 Å². The molecule has 0 radical (unpaired) electrons. The number of hydrogen-bond donors (Lipinski definition) is 1. The standard InChI is InChI=1S/C23H24F3N3O3/c1-22(13-16-11-12-27-14-17(16)15-7-3-2-4-8-15)20(30)29(21(31)28-22)18-9-5-6-10-19(18)32-23(24,25)26/h5-6,9-12,14-15H,2-4,7-8,13H2,1H3,(H,28,31). The zero-order chi connectivity index (χ0) is 22.9. The maximum Gasteiger partial charge on any atom is 0.573 e. The van der Waals surface area contributed by atoms with Gasteiger partial charge in [0.05, 0.1) is 5.69 Å². The molecule has 1 aromatic carbocycles. The number of benzene rings is 1. The number of alkyl halides is 3. The lowest BCUT2D eigenvalue weighted by molar-refractivity contribution is -0.274. The summed E-state index contributed by atoms with van der Waals surface area (Å²) in [5.74, 6) is -0.896. The van der Waals surface area contributed by atoms with Gasteiger partial charge in [0, 0.05) is 18.8 Å². The molecule has 1 aliphatic carbocycles. The Kier molecular flexibility index (Phi) is 5.83. The maximum atomic E-state index is 13.3. The van der Waals surface area contributed by atoms with E-state index in [2.05, 4.69) is 15.0 Å². The number of aromatic nitrogens is 1. The molecule has 0 spiro atoms. The van der Waals surface area contributed by atoms with Gasteiger partial charge in [-0.3, -0.25) is 9.78 Å². The molecule has 1 unspecified atom stereocenters. The van der Waals surface area contributed by atoms with Crippen molar-refractivity contribution in [2.24, 2.45) is 0 Å². The molecular formula is C23H24F3N3O3. The van der Waals surface area contributed by atoms with E-state index < -0.39 is 29.6 Å². The fourth-order valence-corrected chi connectivity index (χ4v) is 4.63. The highest BCUT2D eigenvalue weighted by Gasteiger charge is 2.50. The number of amides is 3. The second kappa shape index (κ2) is 8.44. The number of ether oxygens (including phenoxy) is 1. The Morgan fingerprint density at radius 1 is 1.16 bits per heavy atom. The van der Waals surface area contributed by atoms with Gasteiger partial charge in [-0.2, -0.15) is 0 Å². The minimum atomic E-state index is -4.95. The molecule has 2 heterocycles. The number of imide groups is 1. The van der Waals surface area contributed by atoms with E-state index in [0.29, 0.717) is 5.92 Å². The molecule has 2 aliphatic rings. The van der Waals surface area contributed by atoms with Gasteiger partial charge in [0.25, 0.3) is 5.91 Å². The molecule has 2 aromatic rings. The molecular weight excluding hydrogens is 423 g/mol. The molecule has 1 N–H and O–H groups in total. The van der Waals surface area contributed by atoms with Crippen LogP contribution < -0.4 is 15.0 Å². The number of carbonyl (C=O) groups is 2. The van der Waals surface area contributed by atoms with Crippen LogP contribution >= 0.6 is 0 Å². The van der Waals surface area contributed by atoms with E-state index in [1.54, 1.807) is 13.1 Å². The number of para-hydroxylation sites is 2. The van der Waals surface area contributed by atoms with Crippen LogP contribution in [0.1, 0.15) is 56.1 Å². The van der Waals surface area contributed by atoms with Gasteiger partial charge < -0.3 is 10.1 Å². The Morgan fingerprint density at radius 2 is 1.88 bits per heavy atom. The molecule has 170 valence electrons. The van der Waals surface area contributed by atoms with Crippen LogP contribution in [0.5, 0.6) is 5.75 Å². The third-order valence-corrected chi connectivity index (χ3v) is 6.13. The lowest BCUT2D eigenvalue weighted by atomic mass is 9.80. The third kappa shape index (κ3) is 4.42. The Labute approximate surface area is 183 Å². The molecule has 0 bridgehead atoms. The number of nitrogens with zero attached hydrogens (tertiary/aromatic N) is 2. The van der Waals surface area contributed by atoms with E-state index >= 15 is 0 Å². The summed E-state index contributed by atoms with van der Waals surface area (Å²) in [6, 6.07) is 6.17. The number of halogens is 3. The van der Waals surface area contributed by atoms with E-state index in [9.17, 15) is 22.8 Å². The molecule has 1 aromatic heterocycles. The molecule has 1 saturated heterocycles. The van der Waals surface area contributed by atoms with Crippen LogP contribution in [0, 0.1) is 0 Å². The van der Waals surface area contributed by atoms with Crippen molar-refractivity contribution >= 4 is 17.6 Å². The molecule has 1 saturated carbocycles. The van der Waals surface area contributed by atoms with Gasteiger partial charge in [-0.05, 0) is 55.0 Å². The van der Waals surface area contributed by atoms with E-state index in [0.717, 1.165) is 47.8 Å². The quantitative estimate of drug-likeness (QED) is 0.649. The van der Waals surface area contributed by atoms with Crippen molar-refractivity contribution in [1.29, 1.82) is 0 Å². The summed E-state index contributed by atoms with van der Waals surface area (Å²) in [4.78, 5) is 31.1. The number of urea groups is 1. The third-order valence-electron chi connectivity index (χ3n) is 6.13. The highest BCUT2D eigenvalue weighted by Crippen LogP contribution is 2.38. The predicted octanol–water partition coefficient (Wildman–Crippen LogP) is 5.09. The van der Waals surface area contributed by atoms with Gasteiger partial charge in [-0.15, -0.1) is 13.2 Å². The van der Waals surface area contributed by atoms with Crippen LogP contribution in [0.2, 0.25) is 0 Å². The largest absolute Gasteiger partial charge is 0.573 e. The van der Waals surface area contributed by atoms with Crippen molar-refractivity contribution in [1.82, 2.24) is 10.3 Å². The molecule has 6 nitrogen and oxygen atoms in total. The van der Waals surface area contributed by atoms with Crippen LogP contribution in [0.15, 0.2) is 42.7 Å². The highest BCUT2D eigenvalue weighted by atomic mass is 19.4.